The van der Waals surface area contributed by atoms with Crippen molar-refractivity contribution >= 4 is 23.2 Å². The first-order valence-corrected chi connectivity index (χ1v) is 10.3. The van der Waals surface area contributed by atoms with E-state index in [2.05, 4.69) is 0 Å². The van der Waals surface area contributed by atoms with Crippen molar-refractivity contribution in [3.8, 4) is 5.75 Å². The molecule has 0 spiro atoms. The molecule has 2 fully saturated rings. The highest BCUT2D eigenvalue weighted by Gasteiger charge is 2.59. The number of fused-ring (bicyclic) bond motifs is 1. The number of phenols is 1. The molecule has 9 heteroatoms. The van der Waals surface area contributed by atoms with Crippen molar-refractivity contribution in [3.63, 3.8) is 0 Å². The van der Waals surface area contributed by atoms with Gasteiger partial charge in [0.1, 0.15) is 11.7 Å². The Labute approximate surface area is 188 Å². The lowest BCUT2D eigenvalue weighted by atomic mass is 9.90. The number of amides is 2. The number of hydrogen-bond donors (Lipinski definition) is 1. The predicted octanol–water partition coefficient (Wildman–Crippen LogP) is 3.35. The Balaban J connectivity index is 1.54. The zero-order chi connectivity index (χ0) is 23.1. The molecule has 2 amide bonds. The van der Waals surface area contributed by atoms with Crippen molar-refractivity contribution in [3.05, 3.63) is 100 Å². The smallest absolute Gasteiger partial charge is 0.271 e. The van der Waals surface area contributed by atoms with Gasteiger partial charge in [-0.15, -0.1) is 0 Å². The van der Waals surface area contributed by atoms with Crippen LogP contribution in [0.2, 0.25) is 0 Å². The SMILES string of the molecule is O=C1C2ON(c3cccc([N+](=O)[O-])c3)C(c3ccc(O)cc3)C2C(=O)N1Cc1ccccc1. The summed E-state index contributed by atoms with van der Waals surface area (Å²) in [4.78, 5) is 44.6. The predicted molar refractivity (Wildman–Crippen MR) is 117 cm³/mol. The number of rotatable bonds is 5. The third-order valence-corrected chi connectivity index (χ3v) is 5.92. The second-order valence-electron chi connectivity index (χ2n) is 7.94. The second kappa shape index (κ2) is 8.03. The number of imide groups is 1. The molecule has 3 atom stereocenters. The van der Waals surface area contributed by atoms with Crippen LogP contribution in [0, 0.1) is 16.0 Å². The van der Waals surface area contributed by atoms with E-state index in [4.69, 9.17) is 4.84 Å². The van der Waals surface area contributed by atoms with Gasteiger partial charge in [-0.25, -0.2) is 5.06 Å². The Morgan fingerprint density at radius 3 is 2.36 bits per heavy atom. The summed E-state index contributed by atoms with van der Waals surface area (Å²) in [6, 6.07) is 20.6. The quantitative estimate of drug-likeness (QED) is 0.364. The van der Waals surface area contributed by atoms with Gasteiger partial charge >= 0.3 is 0 Å². The van der Waals surface area contributed by atoms with Gasteiger partial charge in [-0.3, -0.25) is 29.4 Å². The van der Waals surface area contributed by atoms with Gasteiger partial charge in [0.25, 0.3) is 11.6 Å². The van der Waals surface area contributed by atoms with Crippen molar-refractivity contribution in [2.24, 2.45) is 5.92 Å². The number of carbonyl (C=O) groups excluding carboxylic acids is 2. The van der Waals surface area contributed by atoms with Crippen LogP contribution in [0.5, 0.6) is 5.75 Å². The van der Waals surface area contributed by atoms with Gasteiger partial charge in [0.15, 0.2) is 6.10 Å². The Morgan fingerprint density at radius 2 is 1.67 bits per heavy atom. The largest absolute Gasteiger partial charge is 0.508 e. The molecule has 0 aromatic heterocycles. The number of likely N-dealkylation sites (tertiary alicyclic amines) is 1. The number of phenolic OH excluding ortho intramolecular Hbond substituents is 1. The average Bonchev–Trinajstić information content (AvgIpc) is 3.32. The van der Waals surface area contributed by atoms with Crippen LogP contribution in [0.25, 0.3) is 0 Å². The number of hydrogen-bond acceptors (Lipinski definition) is 7. The van der Waals surface area contributed by atoms with Crippen molar-refractivity contribution in [1.29, 1.82) is 0 Å². The molecule has 3 aromatic carbocycles. The summed E-state index contributed by atoms with van der Waals surface area (Å²) in [5.41, 5.74) is 1.67. The summed E-state index contributed by atoms with van der Waals surface area (Å²) < 4.78 is 0. The maximum Gasteiger partial charge on any atom is 0.271 e. The molecule has 0 aliphatic carbocycles. The van der Waals surface area contributed by atoms with E-state index in [1.54, 1.807) is 18.2 Å². The monoisotopic (exact) mass is 445 g/mol. The molecule has 3 aromatic rings. The molecule has 3 unspecified atom stereocenters. The highest BCUT2D eigenvalue weighted by atomic mass is 16.7. The molecule has 0 radical (unpaired) electrons. The first-order valence-electron chi connectivity index (χ1n) is 10.3. The minimum atomic E-state index is -1.06. The maximum absolute atomic E-state index is 13.4. The molecule has 166 valence electrons. The normalized spacial score (nSPS) is 22.0. The number of carbonyl (C=O) groups is 2. The lowest BCUT2D eigenvalue weighted by Crippen LogP contribution is -2.36. The lowest BCUT2D eigenvalue weighted by molar-refractivity contribution is -0.384. The Morgan fingerprint density at radius 1 is 0.939 bits per heavy atom. The summed E-state index contributed by atoms with van der Waals surface area (Å²) in [6.45, 7) is 0.133. The van der Waals surface area contributed by atoms with Crippen molar-refractivity contribution in [1.82, 2.24) is 4.90 Å². The average molecular weight is 445 g/mol. The summed E-state index contributed by atoms with van der Waals surface area (Å²) in [6.07, 6.45) is -1.06. The minimum Gasteiger partial charge on any atom is -0.508 e. The lowest BCUT2D eigenvalue weighted by Gasteiger charge is -2.28. The van der Waals surface area contributed by atoms with Crippen LogP contribution in [0.1, 0.15) is 17.2 Å². The molecule has 2 heterocycles. The van der Waals surface area contributed by atoms with E-state index in [-0.39, 0.29) is 23.9 Å². The molecular weight excluding hydrogens is 426 g/mol. The van der Waals surface area contributed by atoms with E-state index in [9.17, 15) is 24.8 Å². The maximum atomic E-state index is 13.4. The Kier molecular flexibility index (Phi) is 5.02. The van der Waals surface area contributed by atoms with Gasteiger partial charge in [0.2, 0.25) is 5.91 Å². The number of benzene rings is 3. The van der Waals surface area contributed by atoms with Gasteiger partial charge in [-0.2, -0.15) is 0 Å². The number of nitrogens with zero attached hydrogens (tertiary/aromatic N) is 3. The zero-order valence-electron chi connectivity index (χ0n) is 17.3. The van der Waals surface area contributed by atoms with Crippen molar-refractivity contribution in [2.75, 3.05) is 5.06 Å². The molecular formula is C24H19N3O6. The molecule has 5 rings (SSSR count). The van der Waals surface area contributed by atoms with Crippen LogP contribution >= 0.6 is 0 Å². The van der Waals surface area contributed by atoms with E-state index in [0.29, 0.717) is 11.3 Å². The molecule has 2 aliphatic heterocycles. The van der Waals surface area contributed by atoms with E-state index >= 15 is 0 Å². The van der Waals surface area contributed by atoms with Gasteiger partial charge in [0.05, 0.1) is 23.2 Å². The number of anilines is 1. The van der Waals surface area contributed by atoms with Crippen LogP contribution in [-0.4, -0.2) is 32.8 Å². The Hall–Kier alpha value is -4.24. The van der Waals surface area contributed by atoms with Crippen LogP contribution in [0.4, 0.5) is 11.4 Å². The second-order valence-corrected chi connectivity index (χ2v) is 7.94. The summed E-state index contributed by atoms with van der Waals surface area (Å²) in [5, 5.41) is 22.4. The van der Waals surface area contributed by atoms with Crippen LogP contribution in [0.15, 0.2) is 78.9 Å². The summed E-state index contributed by atoms with van der Waals surface area (Å²) >= 11 is 0. The highest BCUT2D eigenvalue weighted by molar-refractivity contribution is 6.07. The summed E-state index contributed by atoms with van der Waals surface area (Å²) in [5.74, 6) is -1.62. The van der Waals surface area contributed by atoms with Crippen LogP contribution in [-0.2, 0) is 21.0 Å². The molecule has 33 heavy (non-hydrogen) atoms. The molecule has 2 saturated heterocycles. The zero-order valence-corrected chi connectivity index (χ0v) is 17.3. The van der Waals surface area contributed by atoms with Crippen LogP contribution < -0.4 is 5.06 Å². The minimum absolute atomic E-state index is 0.0515. The van der Waals surface area contributed by atoms with Gasteiger partial charge in [-0.05, 0) is 29.3 Å². The number of nitro groups is 1. The molecule has 0 saturated carbocycles. The number of aromatic hydroxyl groups is 1. The van der Waals surface area contributed by atoms with E-state index in [0.717, 1.165) is 5.56 Å². The standard InChI is InChI=1S/C24H19N3O6/c28-19-11-9-16(10-12-19)21-20-22(33-26(21)17-7-4-8-18(13-17)27(31)32)24(30)25(23(20)29)14-15-5-2-1-3-6-15/h1-13,20-22,28H,14H2. The first-order chi connectivity index (χ1) is 15.9. The third kappa shape index (κ3) is 3.58. The fourth-order valence-electron chi connectivity index (χ4n) is 4.37. The fourth-order valence-corrected chi connectivity index (χ4v) is 4.37. The number of non-ortho nitro benzene ring substituents is 1. The number of hydroxylamine groups is 1. The van der Waals surface area contributed by atoms with Gasteiger partial charge < -0.3 is 5.11 Å². The van der Waals surface area contributed by atoms with Crippen molar-refractivity contribution in [2.45, 2.75) is 18.7 Å². The molecule has 2 aliphatic rings. The Bertz CT molecular complexity index is 1230. The fraction of sp³-hybridized carbons (Fsp3) is 0.167. The van der Waals surface area contributed by atoms with E-state index in [1.165, 1.54) is 40.3 Å². The number of nitro benzene ring substituents is 1. The molecule has 0 bridgehead atoms. The van der Waals surface area contributed by atoms with E-state index < -0.39 is 28.9 Å². The first kappa shape index (κ1) is 20.7. The topological polar surface area (TPSA) is 113 Å². The van der Waals surface area contributed by atoms with Crippen LogP contribution in [0.3, 0.4) is 0 Å². The van der Waals surface area contributed by atoms with Gasteiger partial charge in [-0.1, -0.05) is 48.5 Å². The summed E-state index contributed by atoms with van der Waals surface area (Å²) in [7, 11) is 0. The molecule has 9 nitrogen and oxygen atoms in total. The van der Waals surface area contributed by atoms with Crippen molar-refractivity contribution < 1.29 is 24.5 Å². The third-order valence-electron chi connectivity index (χ3n) is 5.92. The van der Waals surface area contributed by atoms with E-state index in [1.807, 2.05) is 30.3 Å². The molecule has 1 N–H and O–H groups in total. The van der Waals surface area contributed by atoms with Gasteiger partial charge in [0, 0.05) is 12.1 Å². The highest BCUT2D eigenvalue weighted by Crippen LogP contribution is 2.47.